The molecular formula is C13H15FN2. The lowest BCUT2D eigenvalue weighted by Crippen LogP contribution is -2.26. The van der Waals surface area contributed by atoms with Gasteiger partial charge in [-0.2, -0.15) is 5.26 Å². The Bertz CT molecular complexity index is 393. The molecule has 1 aliphatic rings. The lowest BCUT2D eigenvalue weighted by atomic mass is 10.2. The third kappa shape index (κ3) is 3.04. The number of rotatable bonds is 5. The van der Waals surface area contributed by atoms with Gasteiger partial charge in [-0.1, -0.05) is 12.1 Å². The molecule has 0 atom stereocenters. The van der Waals surface area contributed by atoms with Gasteiger partial charge in [0.2, 0.25) is 0 Å². The SMILES string of the molecule is N#CCCN(Cc1cccc(F)c1)C1CC1. The molecule has 1 fully saturated rings. The first-order chi connectivity index (χ1) is 7.79. The van der Waals surface area contributed by atoms with Crippen LogP contribution in [-0.4, -0.2) is 17.5 Å². The minimum absolute atomic E-state index is 0.187. The highest BCUT2D eigenvalue weighted by Gasteiger charge is 2.28. The summed E-state index contributed by atoms with van der Waals surface area (Å²) >= 11 is 0. The number of benzene rings is 1. The second-order valence-corrected chi connectivity index (χ2v) is 4.24. The van der Waals surface area contributed by atoms with Crippen LogP contribution in [0.1, 0.15) is 24.8 Å². The van der Waals surface area contributed by atoms with Crippen LogP contribution in [0.2, 0.25) is 0 Å². The molecule has 0 amide bonds. The molecule has 0 aliphatic heterocycles. The van der Waals surface area contributed by atoms with Gasteiger partial charge >= 0.3 is 0 Å². The Kier molecular flexibility index (Phi) is 3.53. The van der Waals surface area contributed by atoms with Crippen molar-refractivity contribution in [3.05, 3.63) is 35.6 Å². The Morgan fingerprint density at radius 1 is 1.44 bits per heavy atom. The van der Waals surface area contributed by atoms with Crippen molar-refractivity contribution in [3.63, 3.8) is 0 Å². The normalized spacial score (nSPS) is 15.1. The van der Waals surface area contributed by atoms with Crippen molar-refractivity contribution in [2.24, 2.45) is 0 Å². The van der Waals surface area contributed by atoms with Crippen LogP contribution >= 0.6 is 0 Å². The first kappa shape index (κ1) is 11.1. The Hall–Kier alpha value is -1.40. The topological polar surface area (TPSA) is 27.0 Å². The van der Waals surface area contributed by atoms with Gasteiger partial charge < -0.3 is 0 Å². The van der Waals surface area contributed by atoms with Crippen molar-refractivity contribution in [1.82, 2.24) is 4.90 Å². The zero-order valence-electron chi connectivity index (χ0n) is 9.19. The molecule has 0 spiro atoms. The van der Waals surface area contributed by atoms with Crippen molar-refractivity contribution < 1.29 is 4.39 Å². The first-order valence-corrected chi connectivity index (χ1v) is 5.65. The summed E-state index contributed by atoms with van der Waals surface area (Å²) in [4.78, 5) is 2.28. The summed E-state index contributed by atoms with van der Waals surface area (Å²) in [6.45, 7) is 1.54. The van der Waals surface area contributed by atoms with E-state index < -0.39 is 0 Å². The van der Waals surface area contributed by atoms with Crippen LogP contribution in [0.15, 0.2) is 24.3 Å². The molecule has 16 heavy (non-hydrogen) atoms. The molecule has 1 saturated carbocycles. The van der Waals surface area contributed by atoms with Crippen molar-refractivity contribution >= 4 is 0 Å². The zero-order chi connectivity index (χ0) is 11.4. The van der Waals surface area contributed by atoms with E-state index in [2.05, 4.69) is 11.0 Å². The van der Waals surface area contributed by atoms with E-state index >= 15 is 0 Å². The Labute approximate surface area is 95.3 Å². The molecule has 84 valence electrons. The van der Waals surface area contributed by atoms with Gasteiger partial charge in [0.05, 0.1) is 6.07 Å². The summed E-state index contributed by atoms with van der Waals surface area (Å²) in [5, 5.41) is 8.59. The zero-order valence-corrected chi connectivity index (χ0v) is 9.19. The van der Waals surface area contributed by atoms with Crippen LogP contribution in [0, 0.1) is 17.1 Å². The molecule has 0 N–H and O–H groups in total. The van der Waals surface area contributed by atoms with Gasteiger partial charge in [0.15, 0.2) is 0 Å². The van der Waals surface area contributed by atoms with E-state index in [0.29, 0.717) is 12.5 Å². The second-order valence-electron chi connectivity index (χ2n) is 4.24. The summed E-state index contributed by atoms with van der Waals surface area (Å²) in [6, 6.07) is 9.47. The van der Waals surface area contributed by atoms with Crippen LogP contribution in [0.3, 0.4) is 0 Å². The minimum Gasteiger partial charge on any atom is -0.295 e. The number of hydrogen-bond acceptors (Lipinski definition) is 2. The van der Waals surface area contributed by atoms with Crippen LogP contribution in [0.5, 0.6) is 0 Å². The van der Waals surface area contributed by atoms with E-state index in [1.54, 1.807) is 12.1 Å². The van der Waals surface area contributed by atoms with Crippen molar-refractivity contribution in [1.29, 1.82) is 5.26 Å². The molecule has 0 heterocycles. The fourth-order valence-corrected chi connectivity index (χ4v) is 1.89. The highest BCUT2D eigenvalue weighted by Crippen LogP contribution is 2.28. The predicted molar refractivity (Wildman–Crippen MR) is 60.1 cm³/mol. The molecule has 2 rings (SSSR count). The van der Waals surface area contributed by atoms with E-state index in [4.69, 9.17) is 5.26 Å². The Morgan fingerprint density at radius 3 is 2.88 bits per heavy atom. The molecule has 1 aliphatic carbocycles. The second kappa shape index (κ2) is 5.09. The monoisotopic (exact) mass is 218 g/mol. The lowest BCUT2D eigenvalue weighted by Gasteiger charge is -2.20. The molecule has 1 aromatic carbocycles. The molecule has 2 nitrogen and oxygen atoms in total. The van der Waals surface area contributed by atoms with Gasteiger partial charge in [-0.25, -0.2) is 4.39 Å². The van der Waals surface area contributed by atoms with E-state index in [1.807, 2.05) is 6.07 Å². The largest absolute Gasteiger partial charge is 0.295 e. The smallest absolute Gasteiger partial charge is 0.123 e. The third-order valence-electron chi connectivity index (χ3n) is 2.85. The number of halogens is 1. The van der Waals surface area contributed by atoms with Crippen molar-refractivity contribution in [3.8, 4) is 6.07 Å². The standard InChI is InChI=1S/C13H15FN2/c14-12-4-1-3-11(9-12)10-16(8-2-7-15)13-5-6-13/h1,3-4,9,13H,2,5-6,8,10H2. The van der Waals surface area contributed by atoms with E-state index in [0.717, 1.165) is 18.7 Å². The number of nitrogens with zero attached hydrogens (tertiary/aromatic N) is 2. The highest BCUT2D eigenvalue weighted by atomic mass is 19.1. The summed E-state index contributed by atoms with van der Waals surface area (Å²) in [7, 11) is 0. The van der Waals surface area contributed by atoms with Crippen LogP contribution < -0.4 is 0 Å². The van der Waals surface area contributed by atoms with Gasteiger partial charge in [0.1, 0.15) is 5.82 Å². The Morgan fingerprint density at radius 2 is 2.25 bits per heavy atom. The molecule has 0 bridgehead atoms. The fourth-order valence-electron chi connectivity index (χ4n) is 1.89. The predicted octanol–water partition coefficient (Wildman–Crippen LogP) is 2.70. The molecule has 0 saturated heterocycles. The quantitative estimate of drug-likeness (QED) is 0.759. The molecule has 1 aromatic rings. The highest BCUT2D eigenvalue weighted by molar-refractivity contribution is 5.16. The molecule has 0 unspecified atom stereocenters. The maximum Gasteiger partial charge on any atom is 0.123 e. The van der Waals surface area contributed by atoms with Crippen LogP contribution in [0.25, 0.3) is 0 Å². The third-order valence-corrected chi connectivity index (χ3v) is 2.85. The average Bonchev–Trinajstić information content (AvgIpc) is 3.08. The molecular weight excluding hydrogens is 203 g/mol. The van der Waals surface area contributed by atoms with Crippen LogP contribution in [-0.2, 0) is 6.54 Å². The molecule has 3 heteroatoms. The summed E-state index contributed by atoms with van der Waals surface area (Å²) < 4.78 is 13.0. The van der Waals surface area contributed by atoms with Crippen molar-refractivity contribution in [2.45, 2.75) is 31.8 Å². The summed E-state index contributed by atoms with van der Waals surface area (Å²) in [5.74, 6) is -0.187. The average molecular weight is 218 g/mol. The van der Waals surface area contributed by atoms with Gasteiger partial charge in [0, 0.05) is 25.6 Å². The summed E-state index contributed by atoms with van der Waals surface area (Å²) in [6.07, 6.45) is 2.97. The molecule has 0 radical (unpaired) electrons. The van der Waals surface area contributed by atoms with E-state index in [9.17, 15) is 4.39 Å². The van der Waals surface area contributed by atoms with Crippen molar-refractivity contribution in [2.75, 3.05) is 6.54 Å². The van der Waals surface area contributed by atoms with E-state index in [-0.39, 0.29) is 5.82 Å². The Balaban J connectivity index is 1.97. The first-order valence-electron chi connectivity index (χ1n) is 5.65. The van der Waals surface area contributed by atoms with E-state index in [1.165, 1.54) is 18.9 Å². The maximum atomic E-state index is 13.0. The lowest BCUT2D eigenvalue weighted by molar-refractivity contribution is 0.260. The number of nitriles is 1. The maximum absolute atomic E-state index is 13.0. The molecule has 0 aromatic heterocycles. The number of hydrogen-bond donors (Lipinski definition) is 0. The fraction of sp³-hybridized carbons (Fsp3) is 0.462. The van der Waals surface area contributed by atoms with Crippen LogP contribution in [0.4, 0.5) is 4.39 Å². The van der Waals surface area contributed by atoms with Gasteiger partial charge in [-0.3, -0.25) is 4.90 Å². The van der Waals surface area contributed by atoms with Gasteiger partial charge in [-0.15, -0.1) is 0 Å². The minimum atomic E-state index is -0.187. The van der Waals surface area contributed by atoms with Gasteiger partial charge in [-0.05, 0) is 30.5 Å². The summed E-state index contributed by atoms with van der Waals surface area (Å²) in [5.41, 5.74) is 0.991. The van der Waals surface area contributed by atoms with Gasteiger partial charge in [0.25, 0.3) is 0 Å².